The Hall–Kier alpha value is -2.73. The van der Waals surface area contributed by atoms with Gasteiger partial charge in [-0.3, -0.25) is 5.10 Å². The first-order valence-corrected chi connectivity index (χ1v) is 9.58. The zero-order valence-corrected chi connectivity index (χ0v) is 15.8. The largest absolute Gasteiger partial charge is 0.491 e. The van der Waals surface area contributed by atoms with Crippen LogP contribution in [0, 0.1) is 0 Å². The maximum atomic E-state index is 5.81. The van der Waals surface area contributed by atoms with E-state index in [4.69, 9.17) is 9.72 Å². The normalized spacial score (nSPS) is 11.4. The average Bonchev–Trinajstić information content (AvgIpc) is 3.28. The molecule has 0 aliphatic rings. The van der Waals surface area contributed by atoms with Crippen molar-refractivity contribution < 1.29 is 4.74 Å². The van der Waals surface area contributed by atoms with Crippen molar-refractivity contribution in [3.05, 3.63) is 46.8 Å². The van der Waals surface area contributed by atoms with Crippen LogP contribution in [0.4, 0.5) is 0 Å². The number of aryl methyl sites for hydroxylation is 1. The molecule has 3 aromatic heterocycles. The molecule has 132 valence electrons. The van der Waals surface area contributed by atoms with E-state index in [0.29, 0.717) is 5.82 Å². The predicted octanol–water partition coefficient (Wildman–Crippen LogP) is 5.10. The van der Waals surface area contributed by atoms with Crippen LogP contribution in [-0.2, 0) is 6.42 Å². The SMILES string of the molecule is CCc1cc(-c2ccnc(-c3n[nH]c4ccc(OC(C)C)cc34)n2)cs1. The second kappa shape index (κ2) is 6.88. The molecule has 0 fully saturated rings. The van der Waals surface area contributed by atoms with Gasteiger partial charge in [0.1, 0.15) is 11.4 Å². The summed E-state index contributed by atoms with van der Waals surface area (Å²) in [5.41, 5.74) is 3.71. The number of hydrogen-bond acceptors (Lipinski definition) is 5. The molecule has 0 aliphatic carbocycles. The molecule has 0 radical (unpaired) electrons. The highest BCUT2D eigenvalue weighted by Crippen LogP contribution is 2.30. The van der Waals surface area contributed by atoms with Crippen LogP contribution >= 0.6 is 11.3 Å². The van der Waals surface area contributed by atoms with Crippen LogP contribution in [0.1, 0.15) is 25.6 Å². The third-order valence-corrected chi connectivity index (χ3v) is 5.15. The fraction of sp³-hybridized carbons (Fsp3) is 0.250. The molecule has 5 nitrogen and oxygen atoms in total. The van der Waals surface area contributed by atoms with Crippen LogP contribution in [0.15, 0.2) is 41.9 Å². The average molecular weight is 364 g/mol. The summed E-state index contributed by atoms with van der Waals surface area (Å²) in [6.07, 6.45) is 2.94. The number of ether oxygens (including phenoxy) is 1. The predicted molar refractivity (Wildman–Crippen MR) is 106 cm³/mol. The van der Waals surface area contributed by atoms with Gasteiger partial charge in [-0.25, -0.2) is 9.97 Å². The second-order valence-corrected chi connectivity index (χ2v) is 7.36. The summed E-state index contributed by atoms with van der Waals surface area (Å²) in [4.78, 5) is 10.5. The van der Waals surface area contributed by atoms with Gasteiger partial charge >= 0.3 is 0 Å². The first-order valence-electron chi connectivity index (χ1n) is 8.70. The summed E-state index contributed by atoms with van der Waals surface area (Å²) in [6, 6.07) is 10.0. The number of H-pyrrole nitrogens is 1. The fourth-order valence-electron chi connectivity index (χ4n) is 2.84. The summed E-state index contributed by atoms with van der Waals surface area (Å²) in [7, 11) is 0. The van der Waals surface area contributed by atoms with Crippen LogP contribution in [0.5, 0.6) is 5.75 Å². The number of aromatic nitrogens is 4. The molecule has 0 bridgehead atoms. The quantitative estimate of drug-likeness (QED) is 0.535. The highest BCUT2D eigenvalue weighted by Gasteiger charge is 2.14. The van der Waals surface area contributed by atoms with E-state index in [1.807, 2.05) is 38.1 Å². The van der Waals surface area contributed by atoms with Crippen LogP contribution in [-0.4, -0.2) is 26.3 Å². The smallest absolute Gasteiger partial charge is 0.181 e. The van der Waals surface area contributed by atoms with Gasteiger partial charge in [0.2, 0.25) is 0 Å². The van der Waals surface area contributed by atoms with Crippen LogP contribution in [0.25, 0.3) is 33.7 Å². The minimum absolute atomic E-state index is 0.119. The van der Waals surface area contributed by atoms with Gasteiger partial charge in [0.15, 0.2) is 5.82 Å². The van der Waals surface area contributed by atoms with E-state index >= 15 is 0 Å². The summed E-state index contributed by atoms with van der Waals surface area (Å²) < 4.78 is 5.81. The molecule has 1 N–H and O–H groups in total. The number of thiophene rings is 1. The highest BCUT2D eigenvalue weighted by atomic mass is 32.1. The zero-order valence-electron chi connectivity index (χ0n) is 15.0. The lowest BCUT2D eigenvalue weighted by Crippen LogP contribution is -2.05. The van der Waals surface area contributed by atoms with Gasteiger partial charge in [-0.1, -0.05) is 6.92 Å². The lowest BCUT2D eigenvalue weighted by atomic mass is 10.1. The number of rotatable bonds is 5. The van der Waals surface area contributed by atoms with Gasteiger partial charge in [0.25, 0.3) is 0 Å². The molecule has 6 heteroatoms. The van der Waals surface area contributed by atoms with E-state index in [-0.39, 0.29) is 6.10 Å². The molecule has 0 saturated heterocycles. The first-order chi connectivity index (χ1) is 12.6. The van der Waals surface area contributed by atoms with Crippen LogP contribution < -0.4 is 4.74 Å². The monoisotopic (exact) mass is 364 g/mol. The van der Waals surface area contributed by atoms with Gasteiger partial charge in [-0.15, -0.1) is 11.3 Å². The van der Waals surface area contributed by atoms with Gasteiger partial charge < -0.3 is 4.74 Å². The van der Waals surface area contributed by atoms with E-state index < -0.39 is 0 Å². The topological polar surface area (TPSA) is 63.7 Å². The highest BCUT2D eigenvalue weighted by molar-refractivity contribution is 7.10. The lowest BCUT2D eigenvalue weighted by molar-refractivity contribution is 0.243. The number of nitrogens with zero attached hydrogens (tertiary/aromatic N) is 3. The van der Waals surface area contributed by atoms with Crippen molar-refractivity contribution >= 4 is 22.2 Å². The third-order valence-electron chi connectivity index (χ3n) is 4.07. The van der Waals surface area contributed by atoms with Crippen molar-refractivity contribution in [2.24, 2.45) is 0 Å². The fourth-order valence-corrected chi connectivity index (χ4v) is 3.67. The first kappa shape index (κ1) is 16.7. The summed E-state index contributed by atoms with van der Waals surface area (Å²) in [6.45, 7) is 6.19. The Morgan fingerprint density at radius 3 is 2.85 bits per heavy atom. The molecule has 0 amide bonds. The van der Waals surface area contributed by atoms with Gasteiger partial charge in [0.05, 0.1) is 17.3 Å². The van der Waals surface area contributed by atoms with Crippen molar-refractivity contribution in [1.82, 2.24) is 20.2 Å². The van der Waals surface area contributed by atoms with Crippen molar-refractivity contribution in [2.75, 3.05) is 0 Å². The Balaban J connectivity index is 1.76. The molecule has 0 spiro atoms. The van der Waals surface area contributed by atoms with Gasteiger partial charge in [0, 0.05) is 27.4 Å². The molecular formula is C20H20N4OS. The van der Waals surface area contributed by atoms with Crippen LogP contribution in [0.3, 0.4) is 0 Å². The third kappa shape index (κ3) is 3.20. The summed E-state index contributed by atoms with van der Waals surface area (Å²) >= 11 is 1.76. The van der Waals surface area contributed by atoms with E-state index in [2.05, 4.69) is 33.6 Å². The Labute approximate surface area is 156 Å². The van der Waals surface area contributed by atoms with E-state index in [9.17, 15) is 0 Å². The molecule has 1 aromatic carbocycles. The molecule has 0 saturated carbocycles. The molecule has 0 aliphatic heterocycles. The number of hydrogen-bond donors (Lipinski definition) is 1. The zero-order chi connectivity index (χ0) is 18.1. The Morgan fingerprint density at radius 1 is 1.19 bits per heavy atom. The van der Waals surface area contributed by atoms with E-state index in [1.165, 1.54) is 4.88 Å². The Kier molecular flexibility index (Phi) is 4.42. The maximum Gasteiger partial charge on any atom is 0.181 e. The van der Waals surface area contributed by atoms with Gasteiger partial charge in [-0.2, -0.15) is 5.10 Å². The Morgan fingerprint density at radius 2 is 2.08 bits per heavy atom. The van der Waals surface area contributed by atoms with E-state index in [0.717, 1.165) is 40.0 Å². The maximum absolute atomic E-state index is 5.81. The number of benzene rings is 1. The second-order valence-electron chi connectivity index (χ2n) is 6.37. The van der Waals surface area contributed by atoms with Crippen molar-refractivity contribution in [3.8, 4) is 28.5 Å². The summed E-state index contributed by atoms with van der Waals surface area (Å²) in [5.74, 6) is 1.43. The molecule has 4 rings (SSSR count). The lowest BCUT2D eigenvalue weighted by Gasteiger charge is -2.09. The van der Waals surface area contributed by atoms with E-state index in [1.54, 1.807) is 17.5 Å². The number of aromatic amines is 1. The minimum atomic E-state index is 0.119. The number of fused-ring (bicyclic) bond motifs is 1. The minimum Gasteiger partial charge on any atom is -0.491 e. The van der Waals surface area contributed by atoms with Crippen LogP contribution in [0.2, 0.25) is 0 Å². The standard InChI is InChI=1S/C20H20N4OS/c1-4-15-9-13(11-26-15)17-7-8-21-20(22-17)19-16-10-14(25-12(2)3)5-6-18(16)23-24-19/h5-12H,4H2,1-3H3,(H,23,24). The molecule has 0 atom stereocenters. The molecule has 3 heterocycles. The number of nitrogens with one attached hydrogen (secondary N) is 1. The van der Waals surface area contributed by atoms with Crippen molar-refractivity contribution in [2.45, 2.75) is 33.3 Å². The van der Waals surface area contributed by atoms with Crippen molar-refractivity contribution in [1.29, 1.82) is 0 Å². The summed E-state index contributed by atoms with van der Waals surface area (Å²) in [5, 5.41) is 10.6. The molecular weight excluding hydrogens is 344 g/mol. The molecule has 26 heavy (non-hydrogen) atoms. The molecule has 4 aromatic rings. The molecule has 0 unspecified atom stereocenters. The Bertz CT molecular complexity index is 1050. The van der Waals surface area contributed by atoms with Crippen molar-refractivity contribution in [3.63, 3.8) is 0 Å². The van der Waals surface area contributed by atoms with Gasteiger partial charge in [-0.05, 0) is 50.6 Å².